The quantitative estimate of drug-likeness (QED) is 0.0708. The Labute approximate surface area is 324 Å². The van der Waals surface area contributed by atoms with E-state index in [1.165, 1.54) is 160 Å². The number of benzene rings is 4. The number of hydrogen-bond acceptors (Lipinski definition) is 2. The Morgan fingerprint density at radius 3 is 1.40 bits per heavy atom. The molecular weight excluding hydrogens is 641 g/mol. The van der Waals surface area contributed by atoms with Gasteiger partial charge < -0.3 is 11.5 Å². The molecular formula is C51H72N2. The first kappa shape index (κ1) is 40.7. The van der Waals surface area contributed by atoms with Crippen LogP contribution in [0.15, 0.2) is 84.9 Å². The zero-order valence-corrected chi connectivity index (χ0v) is 34.2. The highest BCUT2D eigenvalue weighted by Crippen LogP contribution is 2.50. The van der Waals surface area contributed by atoms with Crippen molar-refractivity contribution in [1.82, 2.24) is 0 Å². The van der Waals surface area contributed by atoms with Crippen LogP contribution in [0, 0.1) is 19.8 Å². The molecule has 286 valence electrons. The fourth-order valence-corrected chi connectivity index (χ4v) is 9.94. The highest BCUT2D eigenvalue weighted by Gasteiger charge is 2.42. The summed E-state index contributed by atoms with van der Waals surface area (Å²) in [6.07, 6.45) is 23.2. The van der Waals surface area contributed by atoms with Crippen molar-refractivity contribution in [2.75, 3.05) is 11.5 Å². The molecule has 5 rings (SSSR count). The summed E-state index contributed by atoms with van der Waals surface area (Å²) in [4.78, 5) is 0. The number of anilines is 2. The van der Waals surface area contributed by atoms with E-state index >= 15 is 0 Å². The molecule has 2 heteroatoms. The zero-order chi connectivity index (χ0) is 37.6. The van der Waals surface area contributed by atoms with Crippen molar-refractivity contribution < 1.29 is 0 Å². The van der Waals surface area contributed by atoms with E-state index in [1.807, 2.05) is 0 Å². The molecule has 2 atom stereocenters. The molecule has 0 heterocycles. The standard InChI is InChI=1S/C51H72N2/c1-6-9-12-13-14-18-35-51(42-19-16-15-17-20-42,43-27-23-40(24-28-43)49(21-10-7-2)47-33-31-45(52)36-38(47)4)44-29-25-41(26-30-44)50(22-11-8-3)48-34-32-46(53)37-39(48)5/h23-34,36-37,42,49-50H,6-22,35,52-53H2,1-5H3. The average Bonchev–Trinajstić information content (AvgIpc) is 3.17. The lowest BCUT2D eigenvalue weighted by Gasteiger charge is -2.45. The molecule has 0 spiro atoms. The summed E-state index contributed by atoms with van der Waals surface area (Å²) < 4.78 is 0. The van der Waals surface area contributed by atoms with Crippen molar-refractivity contribution >= 4 is 11.4 Å². The highest BCUT2D eigenvalue weighted by atomic mass is 14.5. The number of hydrogen-bond donors (Lipinski definition) is 2. The predicted octanol–water partition coefficient (Wildman–Crippen LogP) is 14.7. The predicted molar refractivity (Wildman–Crippen MR) is 232 cm³/mol. The van der Waals surface area contributed by atoms with Crippen molar-refractivity contribution in [2.45, 2.75) is 167 Å². The Morgan fingerprint density at radius 2 is 0.962 bits per heavy atom. The molecule has 2 unspecified atom stereocenters. The summed E-state index contributed by atoms with van der Waals surface area (Å²) in [6.45, 7) is 11.4. The summed E-state index contributed by atoms with van der Waals surface area (Å²) in [6, 6.07) is 33.3. The van der Waals surface area contributed by atoms with Gasteiger partial charge in [-0.3, -0.25) is 0 Å². The first-order valence-corrected chi connectivity index (χ1v) is 21.7. The summed E-state index contributed by atoms with van der Waals surface area (Å²) in [5, 5.41) is 0. The first-order chi connectivity index (χ1) is 25.8. The van der Waals surface area contributed by atoms with Crippen LogP contribution in [0.1, 0.15) is 193 Å². The van der Waals surface area contributed by atoms with Crippen LogP contribution in [0.2, 0.25) is 0 Å². The zero-order valence-electron chi connectivity index (χ0n) is 34.2. The van der Waals surface area contributed by atoms with Crippen molar-refractivity contribution in [2.24, 2.45) is 5.92 Å². The molecule has 0 aliphatic heterocycles. The van der Waals surface area contributed by atoms with Gasteiger partial charge in [-0.2, -0.15) is 0 Å². The number of rotatable bonds is 20. The third kappa shape index (κ3) is 10.2. The second-order valence-corrected chi connectivity index (χ2v) is 16.7. The van der Waals surface area contributed by atoms with Gasteiger partial charge in [0.1, 0.15) is 0 Å². The topological polar surface area (TPSA) is 52.0 Å². The fraction of sp³-hybridized carbons (Fsp3) is 0.529. The second-order valence-electron chi connectivity index (χ2n) is 16.7. The van der Waals surface area contributed by atoms with Gasteiger partial charge in [-0.05, 0) is 121 Å². The van der Waals surface area contributed by atoms with E-state index < -0.39 is 0 Å². The van der Waals surface area contributed by atoms with E-state index in [4.69, 9.17) is 11.5 Å². The highest BCUT2D eigenvalue weighted by molar-refractivity contribution is 5.51. The lowest BCUT2D eigenvalue weighted by molar-refractivity contribution is 0.220. The summed E-state index contributed by atoms with van der Waals surface area (Å²) in [7, 11) is 0. The van der Waals surface area contributed by atoms with E-state index in [9.17, 15) is 0 Å². The molecule has 1 aliphatic carbocycles. The number of unbranched alkanes of at least 4 members (excludes halogenated alkanes) is 7. The molecule has 4 aromatic rings. The fourth-order valence-electron chi connectivity index (χ4n) is 9.94. The number of nitrogens with two attached hydrogens (primary N) is 2. The Hall–Kier alpha value is -3.52. The summed E-state index contributed by atoms with van der Waals surface area (Å²) in [5.41, 5.74) is 25.6. The van der Waals surface area contributed by atoms with Crippen LogP contribution in [0.3, 0.4) is 0 Å². The van der Waals surface area contributed by atoms with Gasteiger partial charge in [0.15, 0.2) is 0 Å². The molecule has 1 saturated carbocycles. The molecule has 1 aliphatic rings. The van der Waals surface area contributed by atoms with Gasteiger partial charge in [0.2, 0.25) is 0 Å². The molecule has 53 heavy (non-hydrogen) atoms. The molecule has 0 aromatic heterocycles. The van der Waals surface area contributed by atoms with E-state index in [2.05, 4.69) is 120 Å². The largest absolute Gasteiger partial charge is 0.399 e. The van der Waals surface area contributed by atoms with Gasteiger partial charge in [0, 0.05) is 28.6 Å². The number of aryl methyl sites for hydroxylation is 2. The third-order valence-corrected chi connectivity index (χ3v) is 12.9. The molecule has 0 saturated heterocycles. The van der Waals surface area contributed by atoms with Crippen LogP contribution in [-0.4, -0.2) is 0 Å². The lowest BCUT2D eigenvalue weighted by Crippen LogP contribution is -2.38. The van der Waals surface area contributed by atoms with Gasteiger partial charge >= 0.3 is 0 Å². The van der Waals surface area contributed by atoms with E-state index in [1.54, 1.807) is 0 Å². The van der Waals surface area contributed by atoms with Crippen molar-refractivity contribution in [3.05, 3.63) is 129 Å². The Bertz CT molecular complexity index is 1550. The Morgan fingerprint density at radius 1 is 0.528 bits per heavy atom. The molecule has 4 N–H and O–H groups in total. The monoisotopic (exact) mass is 713 g/mol. The Kier molecular flexibility index (Phi) is 15.5. The third-order valence-electron chi connectivity index (χ3n) is 12.9. The van der Waals surface area contributed by atoms with E-state index in [-0.39, 0.29) is 5.41 Å². The maximum absolute atomic E-state index is 6.22. The Balaban J connectivity index is 1.58. The average molecular weight is 713 g/mol. The van der Waals surface area contributed by atoms with E-state index in [0.717, 1.165) is 11.4 Å². The summed E-state index contributed by atoms with van der Waals surface area (Å²) in [5.74, 6) is 1.45. The van der Waals surface area contributed by atoms with Gasteiger partial charge in [-0.15, -0.1) is 0 Å². The van der Waals surface area contributed by atoms with Crippen molar-refractivity contribution in [3.63, 3.8) is 0 Å². The van der Waals surface area contributed by atoms with E-state index in [0.29, 0.717) is 17.8 Å². The molecule has 2 nitrogen and oxygen atoms in total. The SMILES string of the molecule is CCCCCCCCC(c1ccc(C(CCCC)c2ccc(N)cc2C)cc1)(c1ccc(C(CCCC)c2ccc(N)cc2C)cc1)C1CCCCC1. The summed E-state index contributed by atoms with van der Waals surface area (Å²) >= 11 is 0. The smallest absolute Gasteiger partial charge is 0.0316 e. The van der Waals surface area contributed by atoms with Crippen LogP contribution in [0.5, 0.6) is 0 Å². The minimum absolute atomic E-state index is 0.0221. The van der Waals surface area contributed by atoms with Crippen molar-refractivity contribution in [1.29, 1.82) is 0 Å². The van der Waals surface area contributed by atoms with Crippen LogP contribution in [-0.2, 0) is 5.41 Å². The first-order valence-electron chi connectivity index (χ1n) is 21.7. The molecule has 1 fully saturated rings. The molecule has 0 bridgehead atoms. The molecule has 0 radical (unpaired) electrons. The van der Waals surface area contributed by atoms with Gasteiger partial charge in [-0.25, -0.2) is 0 Å². The molecule has 0 amide bonds. The maximum Gasteiger partial charge on any atom is 0.0316 e. The lowest BCUT2D eigenvalue weighted by atomic mass is 9.59. The second kappa shape index (κ2) is 20.2. The molecule has 4 aromatic carbocycles. The number of nitrogen functional groups attached to an aromatic ring is 2. The maximum atomic E-state index is 6.22. The van der Waals surface area contributed by atoms with Crippen LogP contribution in [0.4, 0.5) is 11.4 Å². The van der Waals surface area contributed by atoms with Gasteiger partial charge in [-0.1, -0.05) is 165 Å². The van der Waals surface area contributed by atoms with Crippen molar-refractivity contribution in [3.8, 4) is 0 Å². The van der Waals surface area contributed by atoms with Gasteiger partial charge in [0.25, 0.3) is 0 Å². The minimum atomic E-state index is 0.0221. The van der Waals surface area contributed by atoms with Crippen LogP contribution < -0.4 is 11.5 Å². The van der Waals surface area contributed by atoms with Crippen LogP contribution in [0.25, 0.3) is 0 Å². The van der Waals surface area contributed by atoms with Gasteiger partial charge in [0.05, 0.1) is 0 Å². The minimum Gasteiger partial charge on any atom is -0.399 e. The normalized spacial score (nSPS) is 15.9. The van der Waals surface area contributed by atoms with Crippen LogP contribution >= 0.6 is 0 Å².